The van der Waals surface area contributed by atoms with E-state index in [0.717, 1.165) is 0 Å². The SMILES string of the molecule is C1COCCOCCOCCOCCOCCO1.C1COCCOCCOCCOCCOCCO1.C1COCCOCCOCCOCCOCCO1.N.N.N.N.[Rb].[Rb].[Rb].[Sb].[Sb].[Sb].[Sb].[Sb].[Sb].[Sb]. The van der Waals surface area contributed by atoms with E-state index in [1.807, 2.05) is 0 Å². The van der Waals surface area contributed by atoms with Crippen LogP contribution in [-0.2, 0) is 85.3 Å². The van der Waals surface area contributed by atoms with E-state index < -0.39 is 0 Å². The first-order chi connectivity index (χ1) is 27.0. The van der Waals surface area contributed by atoms with Gasteiger partial charge in [-0.3, -0.25) is 0 Å². The molecule has 0 aromatic carbocycles. The number of ether oxygens (including phenoxy) is 18. The van der Waals surface area contributed by atoms with E-state index in [-0.39, 0.29) is 370 Å². The summed E-state index contributed by atoms with van der Waals surface area (Å²) in [6.07, 6.45) is 0. The Labute approximate surface area is 678 Å². The second kappa shape index (κ2) is 109. The van der Waals surface area contributed by atoms with E-state index in [9.17, 15) is 0 Å². The minimum atomic E-state index is 0. The molecule has 3 aliphatic heterocycles. The van der Waals surface area contributed by atoms with E-state index in [2.05, 4.69) is 0 Å². The molecule has 3 fully saturated rings. The Kier molecular flexibility index (Phi) is 181. The van der Waals surface area contributed by atoms with Crippen molar-refractivity contribution < 1.29 is 85.3 Å². The second-order valence-corrected chi connectivity index (χ2v) is 11.0. The van der Waals surface area contributed by atoms with Crippen molar-refractivity contribution in [2.75, 3.05) is 238 Å². The van der Waals surface area contributed by atoms with Gasteiger partial charge in [0, 0.05) is 346 Å². The molecule has 0 atom stereocenters. The largest absolute Gasteiger partial charge is 0.377 e. The first-order valence-electron chi connectivity index (χ1n) is 19.4. The summed E-state index contributed by atoms with van der Waals surface area (Å²) in [5.74, 6) is 0. The van der Waals surface area contributed by atoms with Gasteiger partial charge in [0.25, 0.3) is 0 Å². The normalized spacial score (nSPS) is 19.1. The fourth-order valence-electron chi connectivity index (χ4n) is 3.96. The quantitative estimate of drug-likeness (QED) is 0.177. The van der Waals surface area contributed by atoms with Gasteiger partial charge in [-0.1, -0.05) is 0 Å². The summed E-state index contributed by atoms with van der Waals surface area (Å²) in [6.45, 7) is 21.1. The Hall–Kier alpha value is 10.3. The third kappa shape index (κ3) is 105. The molecule has 394 valence electrons. The molecule has 32 heteroatoms. The molecule has 0 aliphatic carbocycles. The topological polar surface area (TPSA) is 306 Å². The molecule has 0 amide bonds. The van der Waals surface area contributed by atoms with Gasteiger partial charge < -0.3 is 110 Å². The van der Waals surface area contributed by atoms with Crippen molar-refractivity contribution in [3.63, 3.8) is 0 Å². The van der Waals surface area contributed by atoms with Crippen LogP contribution in [0.25, 0.3) is 0 Å². The van der Waals surface area contributed by atoms with Crippen LogP contribution in [0.2, 0.25) is 0 Å². The molecule has 22 nitrogen and oxygen atoms in total. The molecule has 3 rings (SSSR count). The molecule has 3 saturated heterocycles. The van der Waals surface area contributed by atoms with Crippen LogP contribution in [0.1, 0.15) is 0 Å². The molecular formula is C36H84N4O18Rb3Sb7. The van der Waals surface area contributed by atoms with Gasteiger partial charge in [0.15, 0.2) is 0 Å². The molecule has 0 unspecified atom stereocenters. The van der Waals surface area contributed by atoms with Crippen LogP contribution in [0.3, 0.4) is 0 Å². The van der Waals surface area contributed by atoms with Crippen LogP contribution in [0, 0.1) is 0 Å². The molecule has 3 aliphatic rings. The zero-order valence-electron chi connectivity index (χ0n) is 41.8. The van der Waals surface area contributed by atoms with Crippen molar-refractivity contribution in [1.82, 2.24) is 24.6 Å². The minimum absolute atomic E-state index is 0. The fraction of sp³-hybridized carbons (Fsp3) is 1.00. The van der Waals surface area contributed by atoms with Gasteiger partial charge in [-0.2, -0.15) is 0 Å². The molecule has 24 radical (unpaired) electrons. The van der Waals surface area contributed by atoms with Crippen LogP contribution in [0.5, 0.6) is 0 Å². The zero-order chi connectivity index (χ0) is 38.2. The predicted octanol–water partition coefficient (Wildman–Crippen LogP) is -2.86. The van der Waals surface area contributed by atoms with Crippen molar-refractivity contribution in [1.29, 1.82) is 0 Å². The number of hydrogen-bond acceptors (Lipinski definition) is 22. The van der Waals surface area contributed by atoms with Gasteiger partial charge in [-0.15, -0.1) is 0 Å². The van der Waals surface area contributed by atoms with Crippen molar-refractivity contribution in [3.8, 4) is 0 Å². The van der Waals surface area contributed by atoms with Gasteiger partial charge >= 0.3 is 0 Å². The second-order valence-electron chi connectivity index (χ2n) is 11.0. The summed E-state index contributed by atoms with van der Waals surface area (Å²) in [5.41, 5.74) is 0. The maximum Gasteiger partial charge on any atom is 0.0701 e. The molecule has 3 heterocycles. The van der Waals surface area contributed by atoms with Gasteiger partial charge in [0.1, 0.15) is 0 Å². The molecule has 0 aromatic rings. The molecular weight excluding hydrogens is 1890 g/mol. The summed E-state index contributed by atoms with van der Waals surface area (Å²) in [4.78, 5) is 0. The summed E-state index contributed by atoms with van der Waals surface area (Å²) < 4.78 is 95.9. The van der Waals surface area contributed by atoms with E-state index in [1.54, 1.807) is 0 Å². The maximum atomic E-state index is 5.33. The van der Waals surface area contributed by atoms with Crippen molar-refractivity contribution in [3.05, 3.63) is 0 Å². The smallest absolute Gasteiger partial charge is 0.0701 e. The minimum Gasteiger partial charge on any atom is -0.377 e. The Morgan fingerprint density at radius 2 is 0.132 bits per heavy atom. The number of rotatable bonds is 0. The van der Waals surface area contributed by atoms with Crippen LogP contribution < -0.4 is 24.6 Å². The van der Waals surface area contributed by atoms with Crippen molar-refractivity contribution >= 4 is 346 Å². The van der Waals surface area contributed by atoms with Crippen LogP contribution in [0.4, 0.5) is 0 Å². The molecule has 12 N–H and O–H groups in total. The third-order valence-electron chi connectivity index (χ3n) is 6.70. The fourth-order valence-corrected chi connectivity index (χ4v) is 3.96. The molecule has 0 spiro atoms. The Morgan fingerprint density at radius 1 is 0.103 bits per heavy atom. The predicted molar refractivity (Wildman–Crippen MR) is 272 cm³/mol. The van der Waals surface area contributed by atoms with Crippen molar-refractivity contribution in [2.45, 2.75) is 0 Å². The average Bonchev–Trinajstić information content (AvgIpc) is 3.18. The first kappa shape index (κ1) is 113. The molecule has 68 heavy (non-hydrogen) atoms. The van der Waals surface area contributed by atoms with Gasteiger partial charge in [0.2, 0.25) is 0 Å². The maximum absolute atomic E-state index is 5.33. The standard InChI is InChI=1S/3C12H24O6.4H3N.3Rb.7Sb/c3*1-2-14-5-6-16-9-10-18-12-11-17-8-7-15-4-3-13-1;;;;;;;;;;;;;;/h3*1-12H2;4*1H3;;;;;;;;;;. The van der Waals surface area contributed by atoms with Gasteiger partial charge in [-0.25, -0.2) is 0 Å². The number of hydrogen-bond donors (Lipinski definition) is 4. The van der Waals surface area contributed by atoms with Gasteiger partial charge in [-0.05, 0) is 0 Å². The molecule has 0 aromatic heterocycles. The summed E-state index contributed by atoms with van der Waals surface area (Å²) in [5, 5.41) is 0. The van der Waals surface area contributed by atoms with Crippen LogP contribution in [0.15, 0.2) is 0 Å². The van der Waals surface area contributed by atoms with E-state index in [0.29, 0.717) is 238 Å². The Morgan fingerprint density at radius 3 is 0.162 bits per heavy atom. The summed E-state index contributed by atoms with van der Waals surface area (Å²) in [6, 6.07) is 0. The van der Waals surface area contributed by atoms with E-state index >= 15 is 0 Å². The average molecular weight is 1970 g/mol. The van der Waals surface area contributed by atoms with E-state index in [1.165, 1.54) is 0 Å². The zero-order valence-corrected chi connectivity index (χ0v) is 74.4. The van der Waals surface area contributed by atoms with Crippen molar-refractivity contribution in [2.24, 2.45) is 0 Å². The monoisotopic (exact) mass is 1960 g/mol. The van der Waals surface area contributed by atoms with E-state index in [4.69, 9.17) is 85.3 Å². The van der Waals surface area contributed by atoms with Crippen LogP contribution >= 0.6 is 0 Å². The summed E-state index contributed by atoms with van der Waals surface area (Å²) >= 11 is 0. The van der Waals surface area contributed by atoms with Gasteiger partial charge in [0.05, 0.1) is 238 Å². The Bertz CT molecular complexity index is 431. The first-order valence-corrected chi connectivity index (χ1v) is 19.4. The third-order valence-corrected chi connectivity index (χ3v) is 6.70. The molecule has 0 bridgehead atoms. The van der Waals surface area contributed by atoms with Crippen LogP contribution in [-0.4, -0.2) is 583 Å². The molecule has 0 saturated carbocycles. The Balaban J connectivity index is -0.0000000486. The summed E-state index contributed by atoms with van der Waals surface area (Å²) in [7, 11) is 0.